The van der Waals surface area contributed by atoms with Crippen LogP contribution in [-0.4, -0.2) is 5.91 Å². The molecule has 15 heavy (non-hydrogen) atoms. The Morgan fingerprint density at radius 3 is 2.60 bits per heavy atom. The van der Waals surface area contributed by atoms with E-state index in [1.54, 1.807) is 0 Å². The number of benzene rings is 1. The number of nitrogens with one attached hydrogen (secondary N) is 1. The molecule has 0 radical (unpaired) electrons. The number of hydrogen-bond donors (Lipinski definition) is 1. The van der Waals surface area contributed by atoms with Crippen molar-refractivity contribution in [1.29, 1.82) is 0 Å². The normalized spacial score (nSPS) is 24.7. The highest BCUT2D eigenvalue weighted by molar-refractivity contribution is 9.10. The lowest BCUT2D eigenvalue weighted by Gasteiger charge is -2.29. The van der Waals surface area contributed by atoms with Crippen LogP contribution in [0.1, 0.15) is 30.9 Å². The van der Waals surface area contributed by atoms with E-state index in [4.69, 9.17) is 0 Å². The molecule has 1 aromatic rings. The maximum atomic E-state index is 11.7. The highest BCUT2D eigenvalue weighted by atomic mass is 79.9. The monoisotopic (exact) mass is 267 g/mol. The Bertz CT molecular complexity index is 428. The van der Waals surface area contributed by atoms with E-state index in [-0.39, 0.29) is 17.7 Å². The average molecular weight is 268 g/mol. The third kappa shape index (κ3) is 1.69. The fraction of sp³-hybridized carbons (Fsp3) is 0.417. The van der Waals surface area contributed by atoms with Crippen LogP contribution in [0.5, 0.6) is 0 Å². The van der Waals surface area contributed by atoms with Crippen molar-refractivity contribution >= 4 is 27.5 Å². The largest absolute Gasteiger partial charge is 0.325 e. The molecule has 2 atom stereocenters. The van der Waals surface area contributed by atoms with Gasteiger partial charge in [-0.1, -0.05) is 29.8 Å². The number of carbonyl (C=O) groups is 1. The molecule has 1 aromatic carbocycles. The Kier molecular flexibility index (Phi) is 2.59. The molecule has 0 bridgehead atoms. The van der Waals surface area contributed by atoms with E-state index >= 15 is 0 Å². The van der Waals surface area contributed by atoms with Gasteiger partial charge in [-0.3, -0.25) is 4.79 Å². The zero-order valence-electron chi connectivity index (χ0n) is 9.10. The van der Waals surface area contributed by atoms with Gasteiger partial charge < -0.3 is 5.32 Å². The van der Waals surface area contributed by atoms with E-state index in [0.29, 0.717) is 0 Å². The van der Waals surface area contributed by atoms with Crippen LogP contribution in [0, 0.1) is 12.8 Å². The van der Waals surface area contributed by atoms with E-state index in [9.17, 15) is 4.79 Å². The van der Waals surface area contributed by atoms with Crippen molar-refractivity contribution < 1.29 is 4.79 Å². The maximum absolute atomic E-state index is 11.7. The molecule has 1 aliphatic heterocycles. The Morgan fingerprint density at radius 1 is 1.27 bits per heavy atom. The van der Waals surface area contributed by atoms with Crippen molar-refractivity contribution in [3.8, 4) is 0 Å². The van der Waals surface area contributed by atoms with Crippen LogP contribution < -0.4 is 5.32 Å². The van der Waals surface area contributed by atoms with Gasteiger partial charge in [-0.25, -0.2) is 0 Å². The van der Waals surface area contributed by atoms with Crippen LogP contribution in [0.25, 0.3) is 0 Å². The van der Waals surface area contributed by atoms with E-state index in [2.05, 4.69) is 34.2 Å². The van der Waals surface area contributed by atoms with Gasteiger partial charge in [0.1, 0.15) is 0 Å². The minimum absolute atomic E-state index is 0.0474. The molecule has 1 aliphatic rings. The van der Waals surface area contributed by atoms with Gasteiger partial charge in [-0.2, -0.15) is 0 Å². The summed E-state index contributed by atoms with van der Waals surface area (Å²) in [5.74, 6) is 0.455. The Hall–Kier alpha value is -0.830. The van der Waals surface area contributed by atoms with Crippen molar-refractivity contribution in [2.75, 3.05) is 5.32 Å². The first-order chi connectivity index (χ1) is 7.00. The number of amides is 1. The summed E-state index contributed by atoms with van der Waals surface area (Å²) in [7, 11) is 0. The molecule has 1 N–H and O–H groups in total. The maximum Gasteiger partial charge on any atom is 0.227 e. The number of carbonyl (C=O) groups excluding carboxylic acids is 1. The Labute approximate surface area is 98.2 Å². The molecule has 1 amide bonds. The summed E-state index contributed by atoms with van der Waals surface area (Å²) < 4.78 is 1.08. The molecule has 0 saturated heterocycles. The second kappa shape index (κ2) is 3.63. The molecule has 0 fully saturated rings. The molecule has 0 unspecified atom stereocenters. The van der Waals surface area contributed by atoms with Crippen LogP contribution in [0.4, 0.5) is 5.69 Å². The first kappa shape index (κ1) is 10.7. The second-order valence-corrected chi connectivity index (χ2v) is 5.17. The van der Waals surface area contributed by atoms with E-state index in [0.717, 1.165) is 15.7 Å². The summed E-state index contributed by atoms with van der Waals surface area (Å²) >= 11 is 3.49. The van der Waals surface area contributed by atoms with Gasteiger partial charge in [0.2, 0.25) is 5.91 Å². The number of halogens is 1. The van der Waals surface area contributed by atoms with Gasteiger partial charge in [0, 0.05) is 16.1 Å². The quantitative estimate of drug-likeness (QED) is 0.767. The molecule has 3 heteroatoms. The zero-order chi connectivity index (χ0) is 11.2. The molecule has 2 rings (SSSR count). The molecule has 80 valence electrons. The molecule has 0 aliphatic carbocycles. The minimum atomic E-state index is 0.0474. The van der Waals surface area contributed by atoms with Crippen LogP contribution >= 0.6 is 15.9 Å². The van der Waals surface area contributed by atoms with Crippen molar-refractivity contribution in [3.05, 3.63) is 27.7 Å². The number of hydrogen-bond acceptors (Lipinski definition) is 1. The van der Waals surface area contributed by atoms with Gasteiger partial charge in [0.25, 0.3) is 0 Å². The third-order valence-electron chi connectivity index (χ3n) is 3.23. The second-order valence-electron chi connectivity index (χ2n) is 4.25. The Morgan fingerprint density at radius 2 is 1.93 bits per heavy atom. The standard InChI is InChI=1S/C12H14BrNO/c1-6-4-9(13)5-10-7(2)8(3)12(15)14-11(6)10/h4-5,7-8H,1-3H3,(H,14,15)/t7-,8+/m0/s1. The molecular weight excluding hydrogens is 254 g/mol. The lowest BCUT2D eigenvalue weighted by Crippen LogP contribution is -2.30. The number of fused-ring (bicyclic) bond motifs is 1. The zero-order valence-corrected chi connectivity index (χ0v) is 10.7. The Balaban J connectivity index is 2.60. The van der Waals surface area contributed by atoms with Crippen LogP contribution in [0.3, 0.4) is 0 Å². The van der Waals surface area contributed by atoms with E-state index in [1.807, 2.05) is 19.9 Å². The van der Waals surface area contributed by atoms with E-state index < -0.39 is 0 Å². The van der Waals surface area contributed by atoms with Gasteiger partial charge in [0.05, 0.1) is 0 Å². The highest BCUT2D eigenvalue weighted by Gasteiger charge is 2.30. The van der Waals surface area contributed by atoms with Gasteiger partial charge >= 0.3 is 0 Å². The minimum Gasteiger partial charge on any atom is -0.325 e. The first-order valence-corrected chi connectivity index (χ1v) is 5.91. The van der Waals surface area contributed by atoms with Crippen molar-refractivity contribution in [2.24, 2.45) is 5.92 Å². The van der Waals surface area contributed by atoms with Gasteiger partial charge in [-0.15, -0.1) is 0 Å². The number of rotatable bonds is 0. The van der Waals surface area contributed by atoms with Crippen molar-refractivity contribution in [3.63, 3.8) is 0 Å². The molecule has 2 nitrogen and oxygen atoms in total. The summed E-state index contributed by atoms with van der Waals surface area (Å²) in [6.07, 6.45) is 0. The predicted octanol–water partition coefficient (Wildman–Crippen LogP) is 3.45. The summed E-state index contributed by atoms with van der Waals surface area (Å²) in [6.45, 7) is 6.10. The fourth-order valence-corrected chi connectivity index (χ4v) is 2.62. The summed E-state index contributed by atoms with van der Waals surface area (Å²) in [5, 5.41) is 2.98. The molecule has 0 spiro atoms. The van der Waals surface area contributed by atoms with Crippen LogP contribution in [0.2, 0.25) is 0 Å². The lowest BCUT2D eigenvalue weighted by molar-refractivity contribution is -0.120. The van der Waals surface area contributed by atoms with Gasteiger partial charge in [-0.05, 0) is 36.1 Å². The summed E-state index contributed by atoms with van der Waals surface area (Å²) in [5.41, 5.74) is 3.34. The highest BCUT2D eigenvalue weighted by Crippen LogP contribution is 2.38. The topological polar surface area (TPSA) is 29.1 Å². The third-order valence-corrected chi connectivity index (χ3v) is 3.69. The summed E-state index contributed by atoms with van der Waals surface area (Å²) in [6, 6.07) is 4.13. The number of anilines is 1. The number of aryl methyl sites for hydroxylation is 1. The molecule has 0 saturated carbocycles. The predicted molar refractivity (Wildman–Crippen MR) is 65.1 cm³/mol. The first-order valence-electron chi connectivity index (χ1n) is 5.11. The van der Waals surface area contributed by atoms with Crippen LogP contribution in [-0.2, 0) is 4.79 Å². The van der Waals surface area contributed by atoms with Crippen LogP contribution in [0.15, 0.2) is 16.6 Å². The smallest absolute Gasteiger partial charge is 0.227 e. The molecular formula is C12H14BrNO. The lowest BCUT2D eigenvalue weighted by atomic mass is 9.83. The molecule has 0 aromatic heterocycles. The average Bonchev–Trinajstić information content (AvgIpc) is 2.17. The van der Waals surface area contributed by atoms with Crippen molar-refractivity contribution in [1.82, 2.24) is 0 Å². The molecule has 1 heterocycles. The fourth-order valence-electron chi connectivity index (χ4n) is 2.03. The van der Waals surface area contributed by atoms with Gasteiger partial charge in [0.15, 0.2) is 0 Å². The summed E-state index contributed by atoms with van der Waals surface area (Å²) in [4.78, 5) is 11.7. The van der Waals surface area contributed by atoms with Crippen molar-refractivity contribution in [2.45, 2.75) is 26.7 Å². The van der Waals surface area contributed by atoms with E-state index in [1.165, 1.54) is 5.56 Å². The SMILES string of the molecule is Cc1cc(Br)cc2c1NC(=O)[C@H](C)[C@@H]2C.